The fourth-order valence-electron chi connectivity index (χ4n) is 1.81. The topological polar surface area (TPSA) is 67.4 Å². The summed E-state index contributed by atoms with van der Waals surface area (Å²) in [5, 5.41) is 3.74. The van der Waals surface area contributed by atoms with Gasteiger partial charge in [-0.2, -0.15) is 0 Å². The van der Waals surface area contributed by atoms with Crippen LogP contribution < -0.4 is 14.8 Å². The van der Waals surface area contributed by atoms with E-state index in [1.807, 2.05) is 0 Å². The molecule has 0 saturated heterocycles. The number of anilines is 1. The van der Waals surface area contributed by atoms with Crippen molar-refractivity contribution in [3.63, 3.8) is 0 Å². The third kappa shape index (κ3) is 4.85. The van der Waals surface area contributed by atoms with Crippen LogP contribution in [-0.4, -0.2) is 33.9 Å². The minimum Gasteiger partial charge on any atom is -0.495 e. The van der Waals surface area contributed by atoms with Crippen molar-refractivity contribution in [2.45, 2.75) is 25.3 Å². The molecule has 0 aromatic heterocycles. The van der Waals surface area contributed by atoms with Crippen LogP contribution in [0.3, 0.4) is 0 Å². The molecule has 1 aliphatic carbocycles. The Balaban J connectivity index is 1.86. The van der Waals surface area contributed by atoms with Gasteiger partial charge in [-0.05, 0) is 37.9 Å². The van der Waals surface area contributed by atoms with E-state index in [9.17, 15) is 8.42 Å². The molecule has 0 spiro atoms. The number of rotatable bonds is 8. The molecule has 112 valence electrons. The third-order valence-electron chi connectivity index (χ3n) is 3.02. The lowest BCUT2D eigenvalue weighted by atomic mass is 10.3. The summed E-state index contributed by atoms with van der Waals surface area (Å²) in [4.78, 5) is 0. The summed E-state index contributed by atoms with van der Waals surface area (Å²) in [6, 6.07) is 5.39. The number of halogens is 1. The second-order valence-corrected chi connectivity index (χ2v) is 7.10. The maximum Gasteiger partial charge on any atom is 0.232 e. The Morgan fingerprint density at radius 3 is 2.80 bits per heavy atom. The number of ether oxygens (including phenoxy) is 1. The summed E-state index contributed by atoms with van der Waals surface area (Å²) in [5.74, 6) is 0.541. The lowest BCUT2D eigenvalue weighted by molar-refractivity contribution is 0.415. The van der Waals surface area contributed by atoms with Gasteiger partial charge >= 0.3 is 0 Å². The summed E-state index contributed by atoms with van der Waals surface area (Å²) < 4.78 is 31.4. The first-order valence-electron chi connectivity index (χ1n) is 6.57. The van der Waals surface area contributed by atoms with E-state index in [1.165, 1.54) is 20.0 Å². The van der Waals surface area contributed by atoms with Crippen LogP contribution in [0.1, 0.15) is 19.3 Å². The zero-order chi connectivity index (χ0) is 14.6. The summed E-state index contributed by atoms with van der Waals surface area (Å²) in [7, 11) is -1.85. The molecule has 5 nitrogen and oxygen atoms in total. The number of benzene rings is 1. The van der Waals surface area contributed by atoms with Crippen LogP contribution >= 0.6 is 11.6 Å². The molecule has 2 rings (SSSR count). The van der Waals surface area contributed by atoms with Crippen LogP contribution in [0.5, 0.6) is 5.75 Å². The second-order valence-electron chi connectivity index (χ2n) is 4.85. The van der Waals surface area contributed by atoms with E-state index in [1.54, 1.807) is 18.2 Å². The lowest BCUT2D eigenvalue weighted by Crippen LogP contribution is -2.23. The number of hydrogen-bond donors (Lipinski definition) is 2. The van der Waals surface area contributed by atoms with Gasteiger partial charge < -0.3 is 10.1 Å². The van der Waals surface area contributed by atoms with Crippen molar-refractivity contribution in [1.82, 2.24) is 5.32 Å². The van der Waals surface area contributed by atoms with Crippen molar-refractivity contribution in [3.05, 3.63) is 23.2 Å². The van der Waals surface area contributed by atoms with E-state index in [-0.39, 0.29) is 5.75 Å². The van der Waals surface area contributed by atoms with Crippen LogP contribution in [0, 0.1) is 0 Å². The minimum atomic E-state index is -3.34. The Bertz CT molecular complexity index is 559. The molecule has 0 radical (unpaired) electrons. The predicted octanol–water partition coefficient (Wildman–Crippen LogP) is 2.23. The summed E-state index contributed by atoms with van der Waals surface area (Å²) in [5.41, 5.74) is 0.460. The molecule has 1 fully saturated rings. The van der Waals surface area contributed by atoms with Gasteiger partial charge in [-0.15, -0.1) is 0 Å². The average molecular weight is 319 g/mol. The van der Waals surface area contributed by atoms with Crippen LogP contribution in [-0.2, 0) is 10.0 Å². The molecule has 1 aromatic rings. The highest BCUT2D eigenvalue weighted by Gasteiger charge is 2.20. The quantitative estimate of drug-likeness (QED) is 0.721. The van der Waals surface area contributed by atoms with Gasteiger partial charge in [0, 0.05) is 12.1 Å². The van der Waals surface area contributed by atoms with Crippen molar-refractivity contribution >= 4 is 27.3 Å². The molecule has 1 saturated carbocycles. The Kier molecular flexibility index (Phi) is 5.12. The highest BCUT2D eigenvalue weighted by Crippen LogP contribution is 2.27. The van der Waals surface area contributed by atoms with E-state index in [2.05, 4.69) is 10.0 Å². The van der Waals surface area contributed by atoms with Crippen LogP contribution in [0.25, 0.3) is 0 Å². The lowest BCUT2D eigenvalue weighted by Gasteiger charge is -2.10. The van der Waals surface area contributed by atoms with Gasteiger partial charge in [0.25, 0.3) is 0 Å². The van der Waals surface area contributed by atoms with E-state index >= 15 is 0 Å². The number of nitrogens with one attached hydrogen (secondary N) is 2. The normalized spacial score (nSPS) is 15.1. The zero-order valence-corrected chi connectivity index (χ0v) is 12.9. The largest absolute Gasteiger partial charge is 0.495 e. The molecule has 1 aliphatic rings. The average Bonchev–Trinajstić information content (AvgIpc) is 3.21. The van der Waals surface area contributed by atoms with E-state index in [4.69, 9.17) is 16.3 Å². The standard InChI is InChI=1S/C13H19ClN2O3S/c1-19-13-9-11(5-6-12(13)14)16-20(17,18)8-2-7-15-10-3-4-10/h5-6,9-10,15-16H,2-4,7-8H2,1H3. The molecule has 1 aromatic carbocycles. The van der Waals surface area contributed by atoms with Gasteiger partial charge in [-0.25, -0.2) is 8.42 Å². The van der Waals surface area contributed by atoms with Crippen molar-refractivity contribution in [1.29, 1.82) is 0 Å². The minimum absolute atomic E-state index is 0.0949. The SMILES string of the molecule is COc1cc(NS(=O)(=O)CCCNC2CC2)ccc1Cl. The molecular formula is C13H19ClN2O3S. The molecule has 0 heterocycles. The van der Waals surface area contributed by atoms with E-state index < -0.39 is 10.0 Å². The molecule has 0 bridgehead atoms. The predicted molar refractivity (Wildman–Crippen MR) is 81.1 cm³/mol. The Morgan fingerprint density at radius 2 is 2.15 bits per heavy atom. The number of methoxy groups -OCH3 is 1. The highest BCUT2D eigenvalue weighted by atomic mass is 35.5. The third-order valence-corrected chi connectivity index (χ3v) is 4.71. The Labute approximate surface area is 124 Å². The van der Waals surface area contributed by atoms with E-state index in [0.717, 1.165) is 6.54 Å². The molecule has 0 aliphatic heterocycles. The molecule has 0 unspecified atom stereocenters. The van der Waals surface area contributed by atoms with Crippen molar-refractivity contribution < 1.29 is 13.2 Å². The molecular weight excluding hydrogens is 300 g/mol. The fraction of sp³-hybridized carbons (Fsp3) is 0.538. The monoisotopic (exact) mass is 318 g/mol. The zero-order valence-electron chi connectivity index (χ0n) is 11.4. The van der Waals surface area contributed by atoms with Crippen molar-refractivity contribution in [2.75, 3.05) is 24.1 Å². The number of hydrogen-bond acceptors (Lipinski definition) is 4. The van der Waals surface area contributed by atoms with Gasteiger partial charge in [0.15, 0.2) is 0 Å². The van der Waals surface area contributed by atoms with Gasteiger partial charge in [0.2, 0.25) is 10.0 Å². The summed E-state index contributed by atoms with van der Waals surface area (Å²) >= 11 is 5.90. The van der Waals surface area contributed by atoms with Crippen molar-refractivity contribution in [3.8, 4) is 5.75 Å². The van der Waals surface area contributed by atoms with E-state index in [0.29, 0.717) is 28.9 Å². The molecule has 7 heteroatoms. The highest BCUT2D eigenvalue weighted by molar-refractivity contribution is 7.92. The maximum absolute atomic E-state index is 11.9. The van der Waals surface area contributed by atoms with Gasteiger partial charge in [0.1, 0.15) is 5.75 Å². The van der Waals surface area contributed by atoms with Gasteiger partial charge in [0.05, 0.1) is 23.6 Å². The van der Waals surface area contributed by atoms with Crippen LogP contribution in [0.4, 0.5) is 5.69 Å². The van der Waals surface area contributed by atoms with Crippen LogP contribution in [0.15, 0.2) is 18.2 Å². The fourth-order valence-corrected chi connectivity index (χ4v) is 3.12. The smallest absolute Gasteiger partial charge is 0.232 e. The molecule has 0 amide bonds. The molecule has 0 atom stereocenters. The first-order valence-corrected chi connectivity index (χ1v) is 8.60. The maximum atomic E-state index is 11.9. The van der Waals surface area contributed by atoms with Gasteiger partial charge in [-0.1, -0.05) is 11.6 Å². The molecule has 20 heavy (non-hydrogen) atoms. The summed E-state index contributed by atoms with van der Waals surface area (Å²) in [6.07, 6.45) is 3.00. The second kappa shape index (κ2) is 6.65. The Hall–Kier alpha value is -0.980. The Morgan fingerprint density at radius 1 is 1.40 bits per heavy atom. The van der Waals surface area contributed by atoms with Gasteiger partial charge in [-0.3, -0.25) is 4.72 Å². The van der Waals surface area contributed by atoms with Crippen molar-refractivity contribution in [2.24, 2.45) is 0 Å². The first-order chi connectivity index (χ1) is 9.50. The van der Waals surface area contributed by atoms with Crippen LogP contribution in [0.2, 0.25) is 5.02 Å². The summed E-state index contributed by atoms with van der Waals surface area (Å²) in [6.45, 7) is 0.732. The first kappa shape index (κ1) is 15.4. The number of sulfonamides is 1. The molecule has 2 N–H and O–H groups in total.